The van der Waals surface area contributed by atoms with E-state index in [9.17, 15) is 5.26 Å². The van der Waals surface area contributed by atoms with Gasteiger partial charge in [-0.15, -0.1) is 0 Å². The Hall–Kier alpha value is -4.38. The third kappa shape index (κ3) is 9.00. The van der Waals surface area contributed by atoms with Crippen molar-refractivity contribution in [2.45, 2.75) is 79.1 Å². The average Bonchev–Trinajstić information content (AvgIpc) is 3.65. The lowest BCUT2D eigenvalue weighted by Crippen LogP contribution is -2.29. The molecule has 2 saturated heterocycles. The largest absolute Gasteiger partial charge is 0.493 e. The Balaban J connectivity index is 1.17. The monoisotopic (exact) mass is 658 g/mol. The Morgan fingerprint density at radius 1 is 0.735 bits per heavy atom. The van der Waals surface area contributed by atoms with E-state index in [-0.39, 0.29) is 0 Å². The summed E-state index contributed by atoms with van der Waals surface area (Å²) < 4.78 is 19.2. The smallest absolute Gasteiger partial charge is 0.128 e. The summed E-state index contributed by atoms with van der Waals surface area (Å²) >= 11 is 0. The summed E-state index contributed by atoms with van der Waals surface area (Å²) in [5, 5.41) is 9.34. The van der Waals surface area contributed by atoms with E-state index >= 15 is 0 Å². The van der Waals surface area contributed by atoms with Crippen LogP contribution in [0.5, 0.6) is 17.2 Å². The van der Waals surface area contributed by atoms with E-state index < -0.39 is 0 Å². The number of piperidine rings is 1. The highest BCUT2D eigenvalue weighted by Crippen LogP contribution is 2.35. The van der Waals surface area contributed by atoms with Gasteiger partial charge >= 0.3 is 0 Å². The number of rotatable bonds is 14. The summed E-state index contributed by atoms with van der Waals surface area (Å²) in [6.07, 6.45) is 10.8. The fraction of sp³-hybridized carbons (Fsp3) is 0.429. The van der Waals surface area contributed by atoms with Gasteiger partial charge in [0.1, 0.15) is 36.5 Å². The van der Waals surface area contributed by atoms with Crippen LogP contribution in [-0.2, 0) is 19.8 Å². The van der Waals surface area contributed by atoms with Crippen LogP contribution in [0.4, 0.5) is 0 Å². The molecule has 0 atom stereocenters. The number of aryl methyl sites for hydroxylation is 1. The predicted octanol–water partition coefficient (Wildman–Crippen LogP) is 8.55. The van der Waals surface area contributed by atoms with Crippen molar-refractivity contribution in [3.63, 3.8) is 0 Å². The van der Waals surface area contributed by atoms with E-state index in [4.69, 9.17) is 14.2 Å². The zero-order valence-corrected chi connectivity index (χ0v) is 29.5. The number of aromatic nitrogens is 1. The number of hydrogen-bond donors (Lipinski definition) is 0. The molecule has 49 heavy (non-hydrogen) atoms. The van der Waals surface area contributed by atoms with Crippen molar-refractivity contribution in [3.8, 4) is 34.4 Å². The van der Waals surface area contributed by atoms with Crippen LogP contribution in [0, 0.1) is 32.1 Å². The zero-order chi connectivity index (χ0) is 34.0. The molecule has 4 aromatic rings. The van der Waals surface area contributed by atoms with Crippen molar-refractivity contribution < 1.29 is 14.2 Å². The molecule has 7 nitrogen and oxygen atoms in total. The second kappa shape index (κ2) is 16.8. The van der Waals surface area contributed by atoms with Gasteiger partial charge in [-0.25, -0.2) is 0 Å². The molecule has 3 aromatic carbocycles. The van der Waals surface area contributed by atoms with Crippen LogP contribution < -0.4 is 14.2 Å². The molecule has 0 spiro atoms. The van der Waals surface area contributed by atoms with Gasteiger partial charge in [-0.3, -0.25) is 9.88 Å². The molecular weight excluding hydrogens is 608 g/mol. The topological polar surface area (TPSA) is 70.9 Å². The van der Waals surface area contributed by atoms with Crippen molar-refractivity contribution in [3.05, 3.63) is 106 Å². The quantitative estimate of drug-likeness (QED) is 0.126. The Morgan fingerprint density at radius 3 is 2.27 bits per heavy atom. The minimum Gasteiger partial charge on any atom is -0.493 e. The minimum absolute atomic E-state index is 0.333. The summed E-state index contributed by atoms with van der Waals surface area (Å²) in [5.41, 5.74) is 9.65. The highest BCUT2D eigenvalue weighted by Gasteiger charge is 2.18. The Morgan fingerprint density at radius 2 is 1.47 bits per heavy atom. The maximum Gasteiger partial charge on any atom is 0.128 e. The van der Waals surface area contributed by atoms with Gasteiger partial charge < -0.3 is 19.1 Å². The number of ether oxygens (including phenoxy) is 3. The van der Waals surface area contributed by atoms with Gasteiger partial charge in [-0.1, -0.05) is 36.8 Å². The molecule has 0 saturated carbocycles. The number of nitrogens with zero attached hydrogens (tertiary/aromatic N) is 4. The molecule has 6 rings (SSSR count). The SMILES string of the molecule is Cc1cc(OCc2cccc(-c3cccc(OCCCN4CCCC4)c3C)c2C)cc(OCc2cncc(C#N)c2)c1CN1CCCCC1. The molecule has 7 heteroatoms. The van der Waals surface area contributed by atoms with Gasteiger partial charge in [0.25, 0.3) is 0 Å². The second-order valence-electron chi connectivity index (χ2n) is 13.6. The molecule has 2 aliphatic heterocycles. The molecule has 256 valence electrons. The van der Waals surface area contributed by atoms with E-state index in [0.29, 0.717) is 18.8 Å². The molecule has 1 aromatic heterocycles. The molecular formula is C42H50N4O3. The molecule has 0 N–H and O–H groups in total. The molecule has 0 radical (unpaired) electrons. The molecule has 0 unspecified atom stereocenters. The minimum atomic E-state index is 0.333. The summed E-state index contributed by atoms with van der Waals surface area (Å²) in [4.78, 5) is 9.27. The van der Waals surface area contributed by atoms with Crippen LogP contribution in [0.1, 0.15) is 77.5 Å². The Kier molecular flexibility index (Phi) is 11.8. The van der Waals surface area contributed by atoms with Crippen LogP contribution >= 0.6 is 0 Å². The lowest BCUT2D eigenvalue weighted by Gasteiger charge is -2.28. The summed E-state index contributed by atoms with van der Waals surface area (Å²) in [5.74, 6) is 2.56. The van der Waals surface area contributed by atoms with E-state index in [1.807, 2.05) is 12.1 Å². The van der Waals surface area contributed by atoms with Gasteiger partial charge in [-0.05, 0) is 131 Å². The molecule has 0 aliphatic carbocycles. The van der Waals surface area contributed by atoms with Crippen molar-refractivity contribution in [2.75, 3.05) is 39.3 Å². The number of likely N-dealkylation sites (tertiary alicyclic amines) is 2. The summed E-state index contributed by atoms with van der Waals surface area (Å²) in [6.45, 7) is 14.6. The highest BCUT2D eigenvalue weighted by molar-refractivity contribution is 5.73. The van der Waals surface area contributed by atoms with E-state index in [1.54, 1.807) is 12.4 Å². The normalized spacial score (nSPS) is 15.2. The van der Waals surface area contributed by atoms with Crippen molar-refractivity contribution >= 4 is 0 Å². The first-order chi connectivity index (χ1) is 24.0. The molecule has 2 fully saturated rings. The Bertz CT molecular complexity index is 1750. The van der Waals surface area contributed by atoms with Gasteiger partial charge in [0.15, 0.2) is 0 Å². The highest BCUT2D eigenvalue weighted by atomic mass is 16.5. The fourth-order valence-corrected chi connectivity index (χ4v) is 7.13. The summed E-state index contributed by atoms with van der Waals surface area (Å²) in [6, 6.07) is 21.0. The third-order valence-electron chi connectivity index (χ3n) is 10.0. The first-order valence-corrected chi connectivity index (χ1v) is 18.0. The van der Waals surface area contributed by atoms with E-state index in [1.165, 1.54) is 73.0 Å². The molecule has 0 amide bonds. The molecule has 0 bridgehead atoms. The lowest BCUT2D eigenvalue weighted by molar-refractivity contribution is 0.214. The molecule has 2 aliphatic rings. The summed E-state index contributed by atoms with van der Waals surface area (Å²) in [7, 11) is 0. The average molecular weight is 659 g/mol. The fourth-order valence-electron chi connectivity index (χ4n) is 7.13. The van der Waals surface area contributed by atoms with Gasteiger partial charge in [0.05, 0.1) is 12.2 Å². The lowest BCUT2D eigenvalue weighted by atomic mass is 9.93. The van der Waals surface area contributed by atoms with Gasteiger partial charge in [0, 0.05) is 42.7 Å². The van der Waals surface area contributed by atoms with Crippen LogP contribution in [0.2, 0.25) is 0 Å². The van der Waals surface area contributed by atoms with Crippen molar-refractivity contribution in [1.29, 1.82) is 5.26 Å². The second-order valence-corrected chi connectivity index (χ2v) is 13.6. The van der Waals surface area contributed by atoms with Crippen molar-refractivity contribution in [2.24, 2.45) is 0 Å². The number of hydrogen-bond acceptors (Lipinski definition) is 7. The maximum atomic E-state index is 9.34. The predicted molar refractivity (Wildman–Crippen MR) is 195 cm³/mol. The van der Waals surface area contributed by atoms with Crippen molar-refractivity contribution in [1.82, 2.24) is 14.8 Å². The number of benzene rings is 3. The van der Waals surface area contributed by atoms with E-state index in [0.717, 1.165) is 73.1 Å². The van der Waals surface area contributed by atoms with Crippen LogP contribution in [-0.4, -0.2) is 54.1 Å². The van der Waals surface area contributed by atoms with Crippen LogP contribution in [0.15, 0.2) is 67.0 Å². The Labute approximate surface area is 292 Å². The standard InChI is InChI=1S/C42H50N4O3/c1-31-22-37(24-42(40(31)28-46-18-5-4-6-19-46)49-29-35-23-34(25-43)26-44-27-35)48-30-36-12-9-13-38(32(36)2)39-14-10-15-41(33(39)3)47-21-11-20-45-16-7-8-17-45/h9-10,12-15,22-24,26-27H,4-8,11,16-21,28-30H2,1-3H3. The van der Waals surface area contributed by atoms with Gasteiger partial charge in [-0.2, -0.15) is 5.26 Å². The number of pyridine rings is 1. The first kappa shape index (κ1) is 34.5. The zero-order valence-electron chi connectivity index (χ0n) is 29.5. The first-order valence-electron chi connectivity index (χ1n) is 18.0. The number of nitriles is 1. The molecule has 3 heterocycles. The van der Waals surface area contributed by atoms with Crippen LogP contribution in [0.25, 0.3) is 11.1 Å². The third-order valence-corrected chi connectivity index (χ3v) is 10.0. The van der Waals surface area contributed by atoms with Gasteiger partial charge in [0.2, 0.25) is 0 Å². The van der Waals surface area contributed by atoms with Crippen LogP contribution in [0.3, 0.4) is 0 Å². The van der Waals surface area contributed by atoms with E-state index in [2.05, 4.69) is 84.1 Å². The maximum absolute atomic E-state index is 9.34.